The van der Waals surface area contributed by atoms with E-state index in [9.17, 15) is 9.59 Å². The van der Waals surface area contributed by atoms with Gasteiger partial charge in [0.15, 0.2) is 0 Å². The van der Waals surface area contributed by atoms with E-state index in [-0.39, 0.29) is 12.0 Å². The normalized spacial score (nSPS) is 14.6. The lowest BCUT2D eigenvalue weighted by Crippen LogP contribution is -2.50. The van der Waals surface area contributed by atoms with E-state index in [1.165, 1.54) is 10.4 Å². The number of thioether (sulfide) groups is 1. The average Bonchev–Trinajstić information content (AvgIpc) is 2.97. The Labute approximate surface area is 167 Å². The number of aromatic nitrogens is 2. The molecule has 3 rings (SSSR count). The molecule has 9 heteroatoms. The molecule has 2 aromatic heterocycles. The molecule has 2 aromatic rings. The Balaban J connectivity index is 1.50. The summed E-state index contributed by atoms with van der Waals surface area (Å²) in [6.07, 6.45) is 1.75. The molecule has 1 fully saturated rings. The van der Waals surface area contributed by atoms with Crippen molar-refractivity contribution in [3.63, 3.8) is 0 Å². The van der Waals surface area contributed by atoms with E-state index in [0.29, 0.717) is 45.0 Å². The van der Waals surface area contributed by atoms with Gasteiger partial charge in [0.2, 0.25) is 5.91 Å². The van der Waals surface area contributed by atoms with Crippen molar-refractivity contribution < 1.29 is 14.3 Å². The predicted molar refractivity (Wildman–Crippen MR) is 107 cm³/mol. The maximum absolute atomic E-state index is 12.5. The van der Waals surface area contributed by atoms with Crippen molar-refractivity contribution in [3.8, 4) is 0 Å². The molecule has 0 aromatic carbocycles. The molecule has 27 heavy (non-hydrogen) atoms. The van der Waals surface area contributed by atoms with Crippen LogP contribution < -0.4 is 0 Å². The number of carbonyl (C=O) groups excluding carboxylic acids is 2. The van der Waals surface area contributed by atoms with Gasteiger partial charge in [-0.15, -0.1) is 23.1 Å². The number of carbonyl (C=O) groups is 2. The minimum absolute atomic E-state index is 0.120. The molecule has 0 spiro atoms. The molecule has 0 unspecified atom stereocenters. The van der Waals surface area contributed by atoms with Crippen LogP contribution in [0, 0.1) is 13.8 Å². The molecule has 0 saturated carbocycles. The SMILES string of the molecule is CCOC(=O)N1CCN(C(=O)CCSc2ncnc3sc(C)c(C)c23)CC1. The van der Waals surface area contributed by atoms with Crippen molar-refractivity contribution in [1.82, 2.24) is 19.8 Å². The molecule has 0 N–H and O–H groups in total. The summed E-state index contributed by atoms with van der Waals surface area (Å²) < 4.78 is 5.01. The minimum atomic E-state index is -0.297. The summed E-state index contributed by atoms with van der Waals surface area (Å²) in [5.74, 6) is 0.798. The minimum Gasteiger partial charge on any atom is -0.450 e. The van der Waals surface area contributed by atoms with Crippen LogP contribution in [0.2, 0.25) is 0 Å². The highest BCUT2D eigenvalue weighted by Gasteiger charge is 2.24. The molecule has 0 radical (unpaired) electrons. The molecule has 0 atom stereocenters. The number of hydrogen-bond acceptors (Lipinski definition) is 7. The van der Waals surface area contributed by atoms with E-state index >= 15 is 0 Å². The Hall–Kier alpha value is -1.87. The first-order valence-electron chi connectivity index (χ1n) is 9.04. The van der Waals surface area contributed by atoms with E-state index < -0.39 is 0 Å². The van der Waals surface area contributed by atoms with E-state index in [1.807, 2.05) is 4.90 Å². The molecule has 1 aliphatic rings. The second-order valence-corrected chi connectivity index (χ2v) is 8.59. The van der Waals surface area contributed by atoms with Gasteiger partial charge in [0.05, 0.1) is 6.61 Å². The number of fused-ring (bicyclic) bond motifs is 1. The Morgan fingerprint density at radius 3 is 2.59 bits per heavy atom. The van der Waals surface area contributed by atoms with E-state index in [2.05, 4.69) is 23.8 Å². The zero-order chi connectivity index (χ0) is 19.4. The molecular formula is C18H24N4O3S2. The summed E-state index contributed by atoms with van der Waals surface area (Å²) in [6, 6.07) is 0. The third-order valence-corrected chi connectivity index (χ3v) is 6.75. The van der Waals surface area contributed by atoms with Gasteiger partial charge >= 0.3 is 6.09 Å². The van der Waals surface area contributed by atoms with E-state index in [0.717, 1.165) is 15.2 Å². The van der Waals surface area contributed by atoms with Crippen LogP contribution in [0.3, 0.4) is 0 Å². The lowest BCUT2D eigenvalue weighted by molar-refractivity contribution is -0.132. The highest BCUT2D eigenvalue weighted by Crippen LogP contribution is 2.34. The van der Waals surface area contributed by atoms with Gasteiger partial charge in [-0.2, -0.15) is 0 Å². The summed E-state index contributed by atoms with van der Waals surface area (Å²) in [5, 5.41) is 2.06. The second-order valence-electron chi connectivity index (χ2n) is 6.31. The van der Waals surface area contributed by atoms with Crippen LogP contribution >= 0.6 is 23.1 Å². The summed E-state index contributed by atoms with van der Waals surface area (Å²) in [4.78, 5) is 38.7. The van der Waals surface area contributed by atoms with Gasteiger partial charge < -0.3 is 14.5 Å². The zero-order valence-corrected chi connectivity index (χ0v) is 17.5. The van der Waals surface area contributed by atoms with Crippen LogP contribution in [0.1, 0.15) is 23.8 Å². The molecule has 2 amide bonds. The van der Waals surface area contributed by atoms with Crippen LogP contribution in [-0.4, -0.2) is 70.3 Å². The number of hydrogen-bond donors (Lipinski definition) is 0. The van der Waals surface area contributed by atoms with Gasteiger partial charge in [-0.25, -0.2) is 14.8 Å². The monoisotopic (exact) mass is 408 g/mol. The first-order chi connectivity index (χ1) is 13.0. The summed E-state index contributed by atoms with van der Waals surface area (Å²) >= 11 is 3.28. The number of aryl methyl sites for hydroxylation is 2. The standard InChI is InChI=1S/C18H24N4O3S2/c1-4-25-18(24)22-8-6-21(7-9-22)14(23)5-10-26-16-15-12(2)13(3)27-17(15)20-11-19-16/h11H,4-10H2,1-3H3. The largest absolute Gasteiger partial charge is 0.450 e. The van der Waals surface area contributed by atoms with Crippen LogP contribution in [0.15, 0.2) is 11.4 Å². The molecular weight excluding hydrogens is 384 g/mol. The highest BCUT2D eigenvalue weighted by molar-refractivity contribution is 7.99. The molecule has 1 saturated heterocycles. The first kappa shape index (κ1) is 19.9. The lowest BCUT2D eigenvalue weighted by atomic mass is 10.2. The molecule has 0 bridgehead atoms. The fraction of sp³-hybridized carbons (Fsp3) is 0.556. The highest BCUT2D eigenvalue weighted by atomic mass is 32.2. The Morgan fingerprint density at radius 1 is 1.19 bits per heavy atom. The third kappa shape index (κ3) is 4.52. The topological polar surface area (TPSA) is 75.6 Å². The first-order valence-corrected chi connectivity index (χ1v) is 10.8. The van der Waals surface area contributed by atoms with Crippen molar-refractivity contribution in [3.05, 3.63) is 16.8 Å². The molecule has 3 heterocycles. The Morgan fingerprint density at radius 2 is 1.89 bits per heavy atom. The van der Waals surface area contributed by atoms with Crippen molar-refractivity contribution in [2.75, 3.05) is 38.5 Å². The molecule has 1 aliphatic heterocycles. The van der Waals surface area contributed by atoms with Crippen LogP contribution in [-0.2, 0) is 9.53 Å². The van der Waals surface area contributed by atoms with E-state index in [4.69, 9.17) is 4.74 Å². The van der Waals surface area contributed by atoms with Crippen LogP contribution in [0.5, 0.6) is 0 Å². The maximum atomic E-state index is 12.5. The summed E-state index contributed by atoms with van der Waals surface area (Å²) in [5.41, 5.74) is 1.22. The maximum Gasteiger partial charge on any atom is 0.409 e. The smallest absolute Gasteiger partial charge is 0.409 e. The second kappa shape index (κ2) is 8.88. The van der Waals surface area contributed by atoms with Gasteiger partial charge in [-0.3, -0.25) is 4.79 Å². The van der Waals surface area contributed by atoms with E-state index in [1.54, 1.807) is 41.2 Å². The number of thiophene rings is 1. The van der Waals surface area contributed by atoms with Crippen LogP contribution in [0.25, 0.3) is 10.2 Å². The van der Waals surface area contributed by atoms with Crippen molar-refractivity contribution in [2.24, 2.45) is 0 Å². The fourth-order valence-corrected chi connectivity index (χ4v) is 5.05. The number of piperazine rings is 1. The zero-order valence-electron chi connectivity index (χ0n) is 15.9. The fourth-order valence-electron chi connectivity index (χ4n) is 3.01. The summed E-state index contributed by atoms with van der Waals surface area (Å²) in [6.45, 7) is 8.51. The summed E-state index contributed by atoms with van der Waals surface area (Å²) in [7, 11) is 0. The van der Waals surface area contributed by atoms with Gasteiger partial charge in [0, 0.05) is 48.6 Å². The molecule has 7 nitrogen and oxygen atoms in total. The van der Waals surface area contributed by atoms with Crippen molar-refractivity contribution in [2.45, 2.75) is 32.2 Å². The van der Waals surface area contributed by atoms with Crippen molar-refractivity contribution in [1.29, 1.82) is 0 Å². The number of rotatable bonds is 5. The van der Waals surface area contributed by atoms with Gasteiger partial charge in [-0.05, 0) is 26.3 Å². The number of nitrogens with zero attached hydrogens (tertiary/aromatic N) is 4. The average molecular weight is 409 g/mol. The Kier molecular flexibility index (Phi) is 6.54. The Bertz CT molecular complexity index is 831. The lowest BCUT2D eigenvalue weighted by Gasteiger charge is -2.34. The quantitative estimate of drug-likeness (QED) is 0.559. The number of ether oxygens (including phenoxy) is 1. The van der Waals surface area contributed by atoms with Crippen LogP contribution in [0.4, 0.5) is 4.79 Å². The van der Waals surface area contributed by atoms with Crippen molar-refractivity contribution >= 4 is 45.3 Å². The predicted octanol–water partition coefficient (Wildman–Crippen LogP) is 3.09. The van der Waals surface area contributed by atoms with Gasteiger partial charge in [0.1, 0.15) is 16.2 Å². The van der Waals surface area contributed by atoms with Gasteiger partial charge in [-0.1, -0.05) is 0 Å². The number of amides is 2. The molecule has 0 aliphatic carbocycles. The third-order valence-electron chi connectivity index (χ3n) is 4.64. The molecule has 146 valence electrons. The van der Waals surface area contributed by atoms with Gasteiger partial charge in [0.25, 0.3) is 0 Å².